The van der Waals surface area contributed by atoms with E-state index in [0.717, 1.165) is 19.3 Å². The van der Waals surface area contributed by atoms with Crippen molar-refractivity contribution in [2.45, 2.75) is 69.4 Å². The fourth-order valence-electron chi connectivity index (χ4n) is 5.79. The van der Waals surface area contributed by atoms with Crippen molar-refractivity contribution in [3.05, 3.63) is 0 Å². The predicted octanol–water partition coefficient (Wildman–Crippen LogP) is 2.46. The summed E-state index contributed by atoms with van der Waals surface area (Å²) in [6.07, 6.45) is -9.01. The van der Waals surface area contributed by atoms with Crippen molar-refractivity contribution in [2.24, 2.45) is 16.7 Å². The molecule has 0 aromatic heterocycles. The summed E-state index contributed by atoms with van der Waals surface area (Å²) in [5, 5.41) is 13.6. The summed E-state index contributed by atoms with van der Waals surface area (Å²) in [6, 6.07) is -0.702. The van der Waals surface area contributed by atoms with Gasteiger partial charge in [0.25, 0.3) is 0 Å². The molecular formula is C21H29F6N3O3. The second-order valence-electron chi connectivity index (χ2n) is 10.1. The van der Waals surface area contributed by atoms with E-state index in [1.165, 1.54) is 4.90 Å². The first kappa shape index (κ1) is 24.6. The van der Waals surface area contributed by atoms with Crippen molar-refractivity contribution >= 4 is 11.8 Å². The smallest absolute Gasteiger partial charge is 0.392 e. The largest absolute Gasteiger partial charge is 0.403 e. The molecule has 188 valence electrons. The Labute approximate surface area is 187 Å². The van der Waals surface area contributed by atoms with Crippen molar-refractivity contribution in [3.63, 3.8) is 0 Å². The molecule has 4 fully saturated rings. The van der Waals surface area contributed by atoms with E-state index in [1.54, 1.807) is 0 Å². The Hall–Kier alpha value is -1.56. The van der Waals surface area contributed by atoms with Gasteiger partial charge in [0.05, 0.1) is 18.1 Å². The van der Waals surface area contributed by atoms with Crippen molar-refractivity contribution in [2.75, 3.05) is 32.7 Å². The summed E-state index contributed by atoms with van der Waals surface area (Å²) >= 11 is 0. The minimum atomic E-state index is -4.94. The molecule has 3 saturated heterocycles. The van der Waals surface area contributed by atoms with Gasteiger partial charge in [0.1, 0.15) is 5.41 Å². The number of nitrogens with one attached hydrogen (secondary N) is 1. The van der Waals surface area contributed by atoms with Crippen LogP contribution in [0.2, 0.25) is 0 Å². The van der Waals surface area contributed by atoms with Gasteiger partial charge in [0, 0.05) is 38.1 Å². The number of halogens is 6. The number of alkyl halides is 6. The molecule has 1 aliphatic carbocycles. The molecule has 2 amide bonds. The Morgan fingerprint density at radius 3 is 2.03 bits per heavy atom. The molecule has 12 heteroatoms. The van der Waals surface area contributed by atoms with Gasteiger partial charge >= 0.3 is 12.4 Å². The minimum absolute atomic E-state index is 0.186. The molecule has 1 spiro atoms. The van der Waals surface area contributed by atoms with E-state index in [0.29, 0.717) is 11.4 Å². The zero-order valence-electron chi connectivity index (χ0n) is 18.1. The van der Waals surface area contributed by atoms with Crippen LogP contribution < -0.4 is 5.32 Å². The highest BCUT2D eigenvalue weighted by Gasteiger charge is 2.63. The fourth-order valence-corrected chi connectivity index (χ4v) is 5.79. The first-order valence-electron chi connectivity index (χ1n) is 11.4. The lowest BCUT2D eigenvalue weighted by molar-refractivity contribution is -0.238. The van der Waals surface area contributed by atoms with Crippen LogP contribution in [-0.2, 0) is 9.59 Å². The van der Waals surface area contributed by atoms with Crippen molar-refractivity contribution in [1.82, 2.24) is 15.1 Å². The number of aliphatic hydroxyl groups is 1. The number of amides is 2. The summed E-state index contributed by atoms with van der Waals surface area (Å²) in [5.74, 6) is -3.56. The number of hydrogen-bond donors (Lipinski definition) is 2. The number of rotatable bonds is 2. The Balaban J connectivity index is 1.40. The predicted molar refractivity (Wildman–Crippen MR) is 104 cm³/mol. The molecule has 0 bridgehead atoms. The van der Waals surface area contributed by atoms with Gasteiger partial charge in [0.2, 0.25) is 11.8 Å². The first-order valence-corrected chi connectivity index (χ1v) is 11.4. The average Bonchev–Trinajstić information content (AvgIpc) is 3.21. The Morgan fingerprint density at radius 1 is 0.939 bits per heavy atom. The molecule has 2 N–H and O–H groups in total. The molecular weight excluding hydrogens is 456 g/mol. The molecule has 6 nitrogen and oxygen atoms in total. The lowest BCUT2D eigenvalue weighted by Gasteiger charge is -2.51. The minimum Gasteiger partial charge on any atom is -0.392 e. The Kier molecular flexibility index (Phi) is 6.16. The molecule has 4 rings (SSSR count). The lowest BCUT2D eigenvalue weighted by Crippen LogP contribution is -2.63. The van der Waals surface area contributed by atoms with E-state index in [-0.39, 0.29) is 31.5 Å². The molecule has 33 heavy (non-hydrogen) atoms. The number of carbonyl (C=O) groups excluding carboxylic acids is 2. The second kappa shape index (κ2) is 8.28. The van der Waals surface area contributed by atoms with Gasteiger partial charge in [-0.05, 0) is 38.5 Å². The normalized spacial score (nSPS) is 32.0. The second-order valence-corrected chi connectivity index (χ2v) is 10.1. The van der Waals surface area contributed by atoms with Crippen molar-refractivity contribution < 1.29 is 41.0 Å². The van der Waals surface area contributed by atoms with Gasteiger partial charge in [-0.25, -0.2) is 0 Å². The fraction of sp³-hybridized carbons (Fsp3) is 0.905. The number of hydrogen-bond acceptors (Lipinski definition) is 4. The molecule has 0 aromatic rings. The van der Waals surface area contributed by atoms with Crippen LogP contribution >= 0.6 is 0 Å². The van der Waals surface area contributed by atoms with Crippen LogP contribution in [0, 0.1) is 16.7 Å². The number of carbonyl (C=O) groups is 2. The van der Waals surface area contributed by atoms with Gasteiger partial charge in [-0.2, -0.15) is 26.3 Å². The Bertz CT molecular complexity index is 774. The third kappa shape index (κ3) is 4.21. The SMILES string of the molecule is O=C([C@@H]1C[C@@H](O)C2(CCC2)CN1)N1CCC(C(=O)N2CC[C@@H](C(F)(F)F)C2)(C(F)(F)F)CC1. The maximum atomic E-state index is 14.1. The summed E-state index contributed by atoms with van der Waals surface area (Å²) < 4.78 is 81.1. The quantitative estimate of drug-likeness (QED) is 0.590. The first-order chi connectivity index (χ1) is 15.3. The highest BCUT2D eigenvalue weighted by molar-refractivity contribution is 5.86. The molecule has 0 unspecified atom stereocenters. The number of nitrogens with zero attached hydrogens (tertiary/aromatic N) is 2. The monoisotopic (exact) mass is 485 g/mol. The van der Waals surface area contributed by atoms with E-state index in [9.17, 15) is 41.0 Å². The Morgan fingerprint density at radius 2 is 1.58 bits per heavy atom. The molecule has 4 aliphatic rings. The zero-order chi connectivity index (χ0) is 24.2. The van der Waals surface area contributed by atoms with Crippen LogP contribution in [0.25, 0.3) is 0 Å². The van der Waals surface area contributed by atoms with E-state index < -0.39 is 73.5 Å². The third-order valence-corrected chi connectivity index (χ3v) is 8.33. The maximum Gasteiger partial charge on any atom is 0.403 e. The van der Waals surface area contributed by atoms with E-state index in [2.05, 4.69) is 5.32 Å². The topological polar surface area (TPSA) is 72.9 Å². The highest BCUT2D eigenvalue weighted by atomic mass is 19.4. The van der Waals surface area contributed by atoms with Crippen LogP contribution in [0.5, 0.6) is 0 Å². The summed E-state index contributed by atoms with van der Waals surface area (Å²) in [6.45, 7) is -1.30. The molecule has 0 aromatic carbocycles. The molecule has 0 radical (unpaired) electrons. The maximum absolute atomic E-state index is 14.1. The molecule has 3 aliphatic heterocycles. The van der Waals surface area contributed by atoms with Gasteiger partial charge < -0.3 is 20.2 Å². The van der Waals surface area contributed by atoms with Crippen LogP contribution in [0.4, 0.5) is 26.3 Å². The average molecular weight is 485 g/mol. The zero-order valence-corrected chi connectivity index (χ0v) is 18.1. The van der Waals surface area contributed by atoms with E-state index in [1.807, 2.05) is 0 Å². The van der Waals surface area contributed by atoms with Crippen LogP contribution in [0.3, 0.4) is 0 Å². The van der Waals surface area contributed by atoms with Crippen molar-refractivity contribution in [3.8, 4) is 0 Å². The van der Waals surface area contributed by atoms with Gasteiger partial charge in [0.15, 0.2) is 0 Å². The van der Waals surface area contributed by atoms with Crippen LogP contribution in [0.1, 0.15) is 44.9 Å². The highest BCUT2D eigenvalue weighted by Crippen LogP contribution is 2.50. The van der Waals surface area contributed by atoms with Gasteiger partial charge in [-0.1, -0.05) is 6.42 Å². The van der Waals surface area contributed by atoms with E-state index in [4.69, 9.17) is 0 Å². The summed E-state index contributed by atoms with van der Waals surface area (Å²) in [5.41, 5.74) is -3.01. The number of likely N-dealkylation sites (tertiary alicyclic amines) is 2. The number of aliphatic hydroxyl groups excluding tert-OH is 1. The summed E-state index contributed by atoms with van der Waals surface area (Å²) in [4.78, 5) is 27.7. The third-order valence-electron chi connectivity index (χ3n) is 8.33. The lowest BCUT2D eigenvalue weighted by atomic mass is 9.62. The van der Waals surface area contributed by atoms with Gasteiger partial charge in [-0.15, -0.1) is 0 Å². The van der Waals surface area contributed by atoms with Crippen LogP contribution in [-0.4, -0.2) is 83.9 Å². The summed E-state index contributed by atoms with van der Waals surface area (Å²) in [7, 11) is 0. The van der Waals surface area contributed by atoms with Gasteiger partial charge in [-0.3, -0.25) is 9.59 Å². The standard InChI is InChI=1S/C21H29F6N3O3/c22-20(23,24)13-2-7-30(11-13)17(33)19(21(25,26)27)5-8-29(9-6-19)16(32)14-10-15(31)18(12-28-14)3-1-4-18/h13-15,28,31H,1-12H2/t13-,14+,15-/m1/s1. The molecule has 1 saturated carbocycles. The van der Waals surface area contributed by atoms with Crippen LogP contribution in [0.15, 0.2) is 0 Å². The van der Waals surface area contributed by atoms with E-state index >= 15 is 0 Å². The molecule has 3 atom stereocenters. The van der Waals surface area contributed by atoms with Crippen molar-refractivity contribution in [1.29, 1.82) is 0 Å². The molecule has 3 heterocycles. The number of piperidine rings is 2.